The normalized spacial score (nSPS) is 30.2. The molecule has 0 aromatic rings. The van der Waals surface area contributed by atoms with Crippen molar-refractivity contribution >= 4 is 47.0 Å². The van der Waals surface area contributed by atoms with Gasteiger partial charge in [-0.05, 0) is 36.0 Å². The highest BCUT2D eigenvalue weighted by Crippen LogP contribution is 2.65. The van der Waals surface area contributed by atoms with Gasteiger partial charge in [-0.3, -0.25) is 0 Å². The molecule has 0 N–H and O–H groups in total. The van der Waals surface area contributed by atoms with Crippen molar-refractivity contribution in [2.45, 2.75) is 27.2 Å². The first kappa shape index (κ1) is 10.8. The Morgan fingerprint density at radius 1 is 0.933 bits per heavy atom. The molecule has 1 atom stereocenters. The number of hydrogen-bond acceptors (Lipinski definition) is 4. The van der Waals surface area contributed by atoms with Crippen molar-refractivity contribution in [1.82, 2.24) is 0 Å². The van der Waals surface area contributed by atoms with Crippen molar-refractivity contribution in [1.29, 1.82) is 0 Å². The van der Waals surface area contributed by atoms with E-state index in [1.165, 1.54) is 24.7 Å². The largest absolute Gasteiger partial charge is 0.0849 e. The average Bonchev–Trinajstić information content (AvgIpc) is 2.68. The number of thioether (sulfide) groups is 4. The van der Waals surface area contributed by atoms with Gasteiger partial charge in [0.2, 0.25) is 0 Å². The van der Waals surface area contributed by atoms with Crippen molar-refractivity contribution in [3.8, 4) is 0 Å². The molecule has 1 aliphatic carbocycles. The Morgan fingerprint density at radius 2 is 1.53 bits per heavy atom. The highest BCUT2D eigenvalue weighted by molar-refractivity contribution is 8.34. The van der Waals surface area contributed by atoms with Crippen LogP contribution < -0.4 is 0 Å². The Labute approximate surface area is 108 Å². The third-order valence-electron chi connectivity index (χ3n) is 2.79. The van der Waals surface area contributed by atoms with E-state index in [-0.39, 0.29) is 0 Å². The topological polar surface area (TPSA) is 0 Å². The molecule has 0 saturated heterocycles. The van der Waals surface area contributed by atoms with Crippen LogP contribution in [0.3, 0.4) is 0 Å². The molecule has 15 heavy (non-hydrogen) atoms. The second-order valence-electron chi connectivity index (χ2n) is 3.99. The fourth-order valence-corrected chi connectivity index (χ4v) is 7.58. The van der Waals surface area contributed by atoms with Gasteiger partial charge in [0.15, 0.2) is 0 Å². The van der Waals surface area contributed by atoms with Crippen LogP contribution in [0, 0.1) is 5.92 Å². The molecule has 0 bridgehead atoms. The molecule has 2 aliphatic heterocycles. The van der Waals surface area contributed by atoms with E-state index in [1.54, 1.807) is 9.81 Å². The van der Waals surface area contributed by atoms with E-state index in [2.05, 4.69) is 20.8 Å². The predicted octanol–water partition coefficient (Wildman–Crippen LogP) is 5.58. The van der Waals surface area contributed by atoms with E-state index in [0.29, 0.717) is 0 Å². The van der Waals surface area contributed by atoms with E-state index in [4.69, 9.17) is 0 Å². The molecule has 0 aromatic carbocycles. The van der Waals surface area contributed by atoms with E-state index in [1.807, 2.05) is 47.0 Å². The number of rotatable bonds is 0. The van der Waals surface area contributed by atoms with Gasteiger partial charge in [0, 0.05) is 9.81 Å². The van der Waals surface area contributed by atoms with Crippen LogP contribution in [0.15, 0.2) is 28.1 Å². The molecule has 0 saturated carbocycles. The zero-order valence-electron chi connectivity index (χ0n) is 8.92. The van der Waals surface area contributed by atoms with Crippen molar-refractivity contribution in [2.24, 2.45) is 5.92 Å². The summed E-state index contributed by atoms with van der Waals surface area (Å²) in [5.41, 5.74) is 0. The standard InChI is InChI=1S/C11H12S4/c1-5-4-8-9(5)15-11(14-8)10-12-6(2)7(3)13-10/h5H,4H2,1-3H3. The first-order chi connectivity index (χ1) is 7.15. The van der Waals surface area contributed by atoms with E-state index >= 15 is 0 Å². The summed E-state index contributed by atoms with van der Waals surface area (Å²) in [5.74, 6) is 0.821. The smallest absolute Gasteiger partial charge is 0.0700 e. The van der Waals surface area contributed by atoms with Gasteiger partial charge in [-0.2, -0.15) is 0 Å². The summed E-state index contributed by atoms with van der Waals surface area (Å²) < 4.78 is 3.05. The summed E-state index contributed by atoms with van der Waals surface area (Å²) in [6.45, 7) is 6.79. The van der Waals surface area contributed by atoms with Crippen LogP contribution in [-0.4, -0.2) is 0 Å². The minimum Gasteiger partial charge on any atom is -0.0849 e. The molecule has 0 nitrogen and oxygen atoms in total. The molecule has 2 heterocycles. The molecule has 0 radical (unpaired) electrons. The summed E-state index contributed by atoms with van der Waals surface area (Å²) in [7, 11) is 0. The lowest BCUT2D eigenvalue weighted by Crippen LogP contribution is -2.06. The first-order valence-corrected chi connectivity index (χ1v) is 8.28. The molecule has 80 valence electrons. The molecular weight excluding hydrogens is 260 g/mol. The van der Waals surface area contributed by atoms with Gasteiger partial charge in [-0.15, -0.1) is 0 Å². The summed E-state index contributed by atoms with van der Waals surface area (Å²) in [6, 6.07) is 0. The molecule has 0 spiro atoms. The Morgan fingerprint density at radius 3 is 2.07 bits per heavy atom. The van der Waals surface area contributed by atoms with Crippen LogP contribution in [0.1, 0.15) is 27.2 Å². The summed E-state index contributed by atoms with van der Waals surface area (Å²) in [4.78, 5) is 6.24. The van der Waals surface area contributed by atoms with E-state index in [0.717, 1.165) is 5.92 Å². The van der Waals surface area contributed by atoms with Gasteiger partial charge in [-0.25, -0.2) is 0 Å². The monoisotopic (exact) mass is 272 g/mol. The lowest BCUT2D eigenvalue weighted by Gasteiger charge is -2.22. The molecule has 3 rings (SSSR count). The summed E-state index contributed by atoms with van der Waals surface area (Å²) >= 11 is 7.96. The molecule has 0 aromatic heterocycles. The molecule has 3 aliphatic rings. The molecule has 4 heteroatoms. The van der Waals surface area contributed by atoms with Gasteiger partial charge in [-0.1, -0.05) is 54.0 Å². The lowest BCUT2D eigenvalue weighted by atomic mass is 9.97. The SMILES string of the molecule is CC1=C(C)SC(=C2SC3=C(S2)C(C)C3)S1. The van der Waals surface area contributed by atoms with Crippen LogP contribution in [0.5, 0.6) is 0 Å². The summed E-state index contributed by atoms with van der Waals surface area (Å²) in [5, 5.41) is 0. The van der Waals surface area contributed by atoms with Crippen molar-refractivity contribution in [3.05, 3.63) is 28.1 Å². The summed E-state index contributed by atoms with van der Waals surface area (Å²) in [6.07, 6.45) is 1.31. The maximum absolute atomic E-state index is 2.34. The molecule has 0 amide bonds. The average molecular weight is 272 g/mol. The quantitative estimate of drug-likeness (QED) is 0.564. The Kier molecular flexibility index (Phi) is 2.74. The Bertz CT molecular complexity index is 412. The zero-order chi connectivity index (χ0) is 10.6. The minimum atomic E-state index is 0.821. The molecule has 0 fully saturated rings. The minimum absolute atomic E-state index is 0.821. The van der Waals surface area contributed by atoms with Crippen molar-refractivity contribution in [2.75, 3.05) is 0 Å². The highest BCUT2D eigenvalue weighted by Gasteiger charge is 2.36. The number of hydrogen-bond donors (Lipinski definition) is 0. The third-order valence-corrected chi connectivity index (χ3v) is 8.85. The molecule has 1 unspecified atom stereocenters. The third kappa shape index (κ3) is 1.74. The second-order valence-corrected chi connectivity index (χ2v) is 9.11. The van der Waals surface area contributed by atoms with Crippen LogP contribution in [0.4, 0.5) is 0 Å². The van der Waals surface area contributed by atoms with Gasteiger partial charge in [0.1, 0.15) is 0 Å². The van der Waals surface area contributed by atoms with Gasteiger partial charge in [0.25, 0.3) is 0 Å². The van der Waals surface area contributed by atoms with Crippen LogP contribution in [0.2, 0.25) is 0 Å². The van der Waals surface area contributed by atoms with E-state index < -0.39 is 0 Å². The fourth-order valence-electron chi connectivity index (χ4n) is 1.71. The van der Waals surface area contributed by atoms with Crippen molar-refractivity contribution in [3.63, 3.8) is 0 Å². The maximum atomic E-state index is 2.34. The fraction of sp³-hybridized carbons (Fsp3) is 0.455. The van der Waals surface area contributed by atoms with E-state index in [9.17, 15) is 0 Å². The Balaban J connectivity index is 1.80. The Hall–Kier alpha value is 0.620. The van der Waals surface area contributed by atoms with Crippen molar-refractivity contribution < 1.29 is 0 Å². The predicted molar refractivity (Wildman–Crippen MR) is 76.6 cm³/mol. The zero-order valence-corrected chi connectivity index (χ0v) is 12.2. The number of allylic oxidation sites excluding steroid dienone is 4. The highest BCUT2D eigenvalue weighted by atomic mass is 32.2. The first-order valence-electron chi connectivity index (χ1n) is 5.01. The van der Waals surface area contributed by atoms with Gasteiger partial charge in [0.05, 0.1) is 8.47 Å². The van der Waals surface area contributed by atoms with Gasteiger partial charge < -0.3 is 0 Å². The molecular formula is C11H12S4. The maximum Gasteiger partial charge on any atom is 0.0700 e. The van der Waals surface area contributed by atoms with Crippen LogP contribution in [0.25, 0.3) is 0 Å². The second kappa shape index (κ2) is 3.83. The van der Waals surface area contributed by atoms with Crippen LogP contribution >= 0.6 is 47.0 Å². The van der Waals surface area contributed by atoms with Crippen LogP contribution in [-0.2, 0) is 0 Å². The van der Waals surface area contributed by atoms with Gasteiger partial charge >= 0.3 is 0 Å². The lowest BCUT2D eigenvalue weighted by molar-refractivity contribution is 0.658.